The molecule has 0 radical (unpaired) electrons. The molecule has 0 aliphatic rings. The minimum absolute atomic E-state index is 0.157. The lowest BCUT2D eigenvalue weighted by molar-refractivity contribution is 0.585. The van der Waals surface area contributed by atoms with Crippen molar-refractivity contribution in [3.05, 3.63) is 24.4 Å². The number of nitrogen functional groups attached to an aromatic ring is 1. The van der Waals surface area contributed by atoms with Gasteiger partial charge in [-0.2, -0.15) is 0 Å². The second-order valence-corrected chi connectivity index (χ2v) is 7.89. The molecule has 0 bridgehead atoms. The maximum atomic E-state index is 12.2. The van der Waals surface area contributed by atoms with Crippen LogP contribution in [0.15, 0.2) is 29.3 Å². The molecule has 8 heteroatoms. The topological polar surface area (TPSA) is 105 Å². The Morgan fingerprint density at radius 3 is 2.85 bits per heavy atom. The number of anilines is 1. The van der Waals surface area contributed by atoms with Gasteiger partial charge in [-0.25, -0.2) is 13.1 Å². The molecule has 0 aliphatic carbocycles. The summed E-state index contributed by atoms with van der Waals surface area (Å²) in [5.41, 5.74) is 6.89. The van der Waals surface area contributed by atoms with Gasteiger partial charge in [-0.05, 0) is 18.2 Å². The molecule has 4 N–H and O–H groups in total. The number of H-pyrrole nitrogens is 1. The monoisotopic (exact) mass is 315 g/mol. The molecular formula is C12H17N3O3S2. The van der Waals surface area contributed by atoms with E-state index in [1.54, 1.807) is 25.1 Å². The van der Waals surface area contributed by atoms with Crippen LogP contribution in [0.25, 0.3) is 10.9 Å². The predicted octanol–water partition coefficient (Wildman–Crippen LogP) is 0.797. The Labute approximate surface area is 120 Å². The molecule has 1 atom stereocenters. The lowest BCUT2D eigenvalue weighted by Crippen LogP contribution is -2.28. The third kappa shape index (κ3) is 3.20. The number of benzene rings is 1. The average molecular weight is 315 g/mol. The Kier molecular flexibility index (Phi) is 4.46. The number of nitrogens with two attached hydrogens (primary N) is 1. The molecular weight excluding hydrogens is 298 g/mol. The number of hydrogen-bond donors (Lipinski definition) is 3. The summed E-state index contributed by atoms with van der Waals surface area (Å²) in [6.07, 6.45) is 1.43. The van der Waals surface area contributed by atoms with Gasteiger partial charge in [0, 0.05) is 51.6 Å². The fourth-order valence-electron chi connectivity index (χ4n) is 1.85. The molecule has 2 aromatic rings. The Balaban J connectivity index is 2.21. The summed E-state index contributed by atoms with van der Waals surface area (Å²) < 4.78 is 38.2. The van der Waals surface area contributed by atoms with Crippen molar-refractivity contribution in [2.75, 3.05) is 23.8 Å². The van der Waals surface area contributed by atoms with Crippen LogP contribution in [-0.4, -0.2) is 35.7 Å². The first-order valence-corrected chi connectivity index (χ1v) is 9.12. The second-order valence-electron chi connectivity index (χ2n) is 4.29. The van der Waals surface area contributed by atoms with Crippen LogP contribution in [-0.2, 0) is 20.8 Å². The second kappa shape index (κ2) is 5.94. The number of sulfonamides is 1. The molecule has 2 rings (SSSR count). The van der Waals surface area contributed by atoms with Crippen LogP contribution in [0.2, 0.25) is 0 Å². The molecule has 0 aliphatic heterocycles. The zero-order valence-electron chi connectivity index (χ0n) is 11.0. The van der Waals surface area contributed by atoms with Crippen LogP contribution < -0.4 is 10.5 Å². The van der Waals surface area contributed by atoms with Gasteiger partial charge >= 0.3 is 0 Å². The lowest BCUT2D eigenvalue weighted by atomic mass is 10.2. The Morgan fingerprint density at radius 1 is 1.40 bits per heavy atom. The molecule has 0 amide bonds. The molecule has 1 heterocycles. The first-order valence-electron chi connectivity index (χ1n) is 6.15. The maximum absolute atomic E-state index is 12.2. The van der Waals surface area contributed by atoms with E-state index in [1.807, 2.05) is 0 Å². The first kappa shape index (κ1) is 15.0. The van der Waals surface area contributed by atoms with E-state index in [4.69, 9.17) is 5.73 Å². The van der Waals surface area contributed by atoms with E-state index in [2.05, 4.69) is 9.71 Å². The minimum atomic E-state index is -3.62. The van der Waals surface area contributed by atoms with Crippen molar-refractivity contribution >= 4 is 37.4 Å². The number of fused-ring (bicyclic) bond motifs is 1. The normalized spacial score (nSPS) is 13.7. The Morgan fingerprint density at radius 2 is 2.15 bits per heavy atom. The molecule has 0 fully saturated rings. The zero-order valence-corrected chi connectivity index (χ0v) is 12.7. The summed E-state index contributed by atoms with van der Waals surface area (Å²) in [6, 6.07) is 5.00. The predicted molar refractivity (Wildman–Crippen MR) is 81.5 cm³/mol. The van der Waals surface area contributed by atoms with E-state index < -0.39 is 20.8 Å². The lowest BCUT2D eigenvalue weighted by Gasteiger charge is -2.05. The average Bonchev–Trinajstić information content (AvgIpc) is 2.81. The molecule has 0 spiro atoms. The number of aromatic amines is 1. The van der Waals surface area contributed by atoms with E-state index >= 15 is 0 Å². The van der Waals surface area contributed by atoms with Gasteiger partial charge < -0.3 is 10.7 Å². The van der Waals surface area contributed by atoms with Crippen molar-refractivity contribution in [2.24, 2.45) is 0 Å². The van der Waals surface area contributed by atoms with Gasteiger partial charge in [0.15, 0.2) is 0 Å². The van der Waals surface area contributed by atoms with E-state index in [1.165, 1.54) is 6.20 Å². The Hall–Kier alpha value is -1.38. The number of hydrogen-bond acceptors (Lipinski definition) is 4. The van der Waals surface area contributed by atoms with E-state index in [-0.39, 0.29) is 11.4 Å². The third-order valence-electron chi connectivity index (χ3n) is 2.90. The maximum Gasteiger partial charge on any atom is 0.242 e. The van der Waals surface area contributed by atoms with Gasteiger partial charge in [0.05, 0.1) is 0 Å². The van der Waals surface area contributed by atoms with Crippen LogP contribution in [0, 0.1) is 0 Å². The van der Waals surface area contributed by atoms with E-state index in [0.717, 1.165) is 0 Å². The van der Waals surface area contributed by atoms with Gasteiger partial charge in [0.1, 0.15) is 4.90 Å². The largest absolute Gasteiger partial charge is 0.399 e. The van der Waals surface area contributed by atoms with E-state index in [0.29, 0.717) is 28.1 Å². The molecule has 20 heavy (non-hydrogen) atoms. The van der Waals surface area contributed by atoms with Crippen molar-refractivity contribution in [3.8, 4) is 0 Å². The fraction of sp³-hybridized carbons (Fsp3) is 0.333. The van der Waals surface area contributed by atoms with E-state index in [9.17, 15) is 12.6 Å². The van der Waals surface area contributed by atoms with Gasteiger partial charge in [0.2, 0.25) is 10.0 Å². The van der Waals surface area contributed by atoms with Crippen molar-refractivity contribution < 1.29 is 12.6 Å². The van der Waals surface area contributed by atoms with Crippen molar-refractivity contribution in [2.45, 2.75) is 11.8 Å². The van der Waals surface area contributed by atoms with Crippen LogP contribution in [0.1, 0.15) is 6.92 Å². The molecule has 1 aromatic heterocycles. The molecule has 0 saturated carbocycles. The fourth-order valence-corrected chi connectivity index (χ4v) is 3.81. The summed E-state index contributed by atoms with van der Waals surface area (Å²) in [5.74, 6) is 0.832. The third-order valence-corrected chi connectivity index (χ3v) is 5.71. The number of aromatic nitrogens is 1. The van der Waals surface area contributed by atoms with Gasteiger partial charge in [0.25, 0.3) is 0 Å². The van der Waals surface area contributed by atoms with Crippen LogP contribution in [0.5, 0.6) is 0 Å². The molecule has 0 saturated heterocycles. The zero-order chi connectivity index (χ0) is 14.8. The summed E-state index contributed by atoms with van der Waals surface area (Å²) in [7, 11) is -4.61. The minimum Gasteiger partial charge on any atom is -0.399 e. The molecule has 110 valence electrons. The highest BCUT2D eigenvalue weighted by atomic mass is 32.2. The van der Waals surface area contributed by atoms with Crippen LogP contribution in [0.4, 0.5) is 5.69 Å². The number of nitrogens with one attached hydrogen (secondary N) is 2. The van der Waals surface area contributed by atoms with Gasteiger partial charge in [-0.15, -0.1) is 0 Å². The molecule has 1 aromatic carbocycles. The highest BCUT2D eigenvalue weighted by Crippen LogP contribution is 2.24. The standard InChI is InChI=1S/C12H17N3O3S2/c1-2-19(16)6-5-15-20(17,18)12-8-14-11-7-9(13)3-4-10(11)12/h3-4,7-8,14-15H,2,5-6,13H2,1H3. The van der Waals surface area contributed by atoms with Crippen molar-refractivity contribution in [3.63, 3.8) is 0 Å². The van der Waals surface area contributed by atoms with Crippen molar-refractivity contribution in [1.82, 2.24) is 9.71 Å². The summed E-state index contributed by atoms with van der Waals surface area (Å²) in [5, 5.41) is 0.586. The number of rotatable bonds is 6. The van der Waals surface area contributed by atoms with Crippen LogP contribution in [0.3, 0.4) is 0 Å². The highest BCUT2D eigenvalue weighted by Gasteiger charge is 2.18. The summed E-state index contributed by atoms with van der Waals surface area (Å²) in [4.78, 5) is 3.06. The Bertz CT molecular complexity index is 737. The quantitative estimate of drug-likeness (QED) is 0.686. The smallest absolute Gasteiger partial charge is 0.242 e. The van der Waals surface area contributed by atoms with Gasteiger partial charge in [-0.3, -0.25) is 4.21 Å². The first-order chi connectivity index (χ1) is 9.44. The molecule has 6 nitrogen and oxygen atoms in total. The SMILES string of the molecule is CCS(=O)CCNS(=O)(=O)c1c[nH]c2cc(N)ccc12. The highest BCUT2D eigenvalue weighted by molar-refractivity contribution is 7.89. The summed E-state index contributed by atoms with van der Waals surface area (Å²) in [6.45, 7) is 1.96. The van der Waals surface area contributed by atoms with Crippen LogP contribution >= 0.6 is 0 Å². The van der Waals surface area contributed by atoms with Crippen molar-refractivity contribution in [1.29, 1.82) is 0 Å². The van der Waals surface area contributed by atoms with Gasteiger partial charge in [-0.1, -0.05) is 6.92 Å². The summed E-state index contributed by atoms with van der Waals surface area (Å²) >= 11 is 0. The molecule has 1 unspecified atom stereocenters.